The Labute approximate surface area is 175 Å². The molecule has 1 fully saturated rings. The van der Waals surface area contributed by atoms with Crippen molar-refractivity contribution in [1.29, 1.82) is 0 Å². The van der Waals surface area contributed by atoms with Crippen molar-refractivity contribution in [2.75, 3.05) is 32.6 Å². The fraction of sp³-hybridized carbons (Fsp3) is 0.381. The third-order valence-corrected chi connectivity index (χ3v) is 5.54. The van der Waals surface area contributed by atoms with E-state index < -0.39 is 0 Å². The topological polar surface area (TPSA) is 50.8 Å². The lowest BCUT2D eigenvalue weighted by atomic mass is 9.96. The zero-order chi connectivity index (χ0) is 20.1. The molecule has 0 aliphatic carbocycles. The van der Waals surface area contributed by atoms with E-state index in [2.05, 4.69) is 10.2 Å². The minimum Gasteiger partial charge on any atom is -0.497 e. The predicted octanol–water partition coefficient (Wildman–Crippen LogP) is 4.86. The van der Waals surface area contributed by atoms with Crippen molar-refractivity contribution in [2.45, 2.75) is 19.4 Å². The van der Waals surface area contributed by atoms with Crippen LogP contribution < -0.4 is 14.8 Å². The number of benzene rings is 2. The summed E-state index contributed by atoms with van der Waals surface area (Å²) in [6.45, 7) is 2.32. The zero-order valence-corrected chi connectivity index (χ0v) is 17.5. The number of nitrogens with one attached hydrogen (secondary N) is 1. The van der Waals surface area contributed by atoms with Gasteiger partial charge in [0, 0.05) is 29.2 Å². The van der Waals surface area contributed by atoms with Crippen LogP contribution in [-0.2, 0) is 11.3 Å². The monoisotopic (exact) mass is 422 g/mol. The maximum absolute atomic E-state index is 12.8. The minimum atomic E-state index is -0.0911. The summed E-state index contributed by atoms with van der Waals surface area (Å²) in [6.07, 6.45) is 1.82. The molecule has 28 heavy (non-hydrogen) atoms. The molecule has 3 rings (SSSR count). The van der Waals surface area contributed by atoms with Gasteiger partial charge in [0.05, 0.1) is 25.8 Å². The molecule has 2 aromatic rings. The number of likely N-dealkylation sites (tertiary alicyclic amines) is 1. The molecule has 1 aliphatic rings. The average molecular weight is 423 g/mol. The summed E-state index contributed by atoms with van der Waals surface area (Å²) in [7, 11) is 3.17. The van der Waals surface area contributed by atoms with Crippen LogP contribution in [0.3, 0.4) is 0 Å². The van der Waals surface area contributed by atoms with E-state index in [1.165, 1.54) is 0 Å². The van der Waals surface area contributed by atoms with Gasteiger partial charge >= 0.3 is 0 Å². The van der Waals surface area contributed by atoms with Crippen LogP contribution in [0.4, 0.5) is 5.69 Å². The highest BCUT2D eigenvalue weighted by atomic mass is 35.5. The first-order valence-corrected chi connectivity index (χ1v) is 9.95. The van der Waals surface area contributed by atoms with Crippen molar-refractivity contribution in [3.05, 3.63) is 52.0 Å². The molecular weight excluding hydrogens is 399 g/mol. The van der Waals surface area contributed by atoms with Crippen molar-refractivity contribution in [1.82, 2.24) is 4.90 Å². The third kappa shape index (κ3) is 5.10. The fourth-order valence-electron chi connectivity index (χ4n) is 3.44. The van der Waals surface area contributed by atoms with E-state index in [1.807, 2.05) is 12.1 Å². The van der Waals surface area contributed by atoms with Crippen molar-refractivity contribution >= 4 is 34.8 Å². The van der Waals surface area contributed by atoms with E-state index in [-0.39, 0.29) is 11.8 Å². The van der Waals surface area contributed by atoms with Gasteiger partial charge in [-0.1, -0.05) is 29.3 Å². The lowest BCUT2D eigenvalue weighted by Gasteiger charge is -2.32. The number of nitrogens with zero attached hydrogens (tertiary/aromatic N) is 1. The normalized spacial score (nSPS) is 17.2. The SMILES string of the molecule is COc1ccc(NC(=O)C2CCCN(Cc3ccc(Cl)cc3Cl)C2)c(OC)c1. The molecule has 1 aliphatic heterocycles. The molecule has 7 heteroatoms. The second-order valence-electron chi connectivity index (χ2n) is 6.87. The van der Waals surface area contributed by atoms with E-state index >= 15 is 0 Å². The van der Waals surface area contributed by atoms with Gasteiger partial charge in [-0.05, 0) is 49.2 Å². The summed E-state index contributed by atoms with van der Waals surface area (Å²) in [5, 5.41) is 4.27. The number of carbonyl (C=O) groups excluding carboxylic acids is 1. The van der Waals surface area contributed by atoms with Crippen LogP contribution in [0.25, 0.3) is 0 Å². The average Bonchev–Trinajstić information content (AvgIpc) is 2.70. The number of ether oxygens (including phenoxy) is 2. The Hall–Kier alpha value is -1.95. The van der Waals surface area contributed by atoms with E-state index in [0.29, 0.717) is 40.3 Å². The standard InChI is InChI=1S/C21H24Cl2N2O3/c1-27-17-7-8-19(20(11-17)28-2)24-21(26)15-4-3-9-25(13-15)12-14-5-6-16(22)10-18(14)23/h5-8,10-11,15H,3-4,9,12-13H2,1-2H3,(H,24,26). The number of amides is 1. The van der Waals surface area contributed by atoms with Gasteiger partial charge < -0.3 is 14.8 Å². The van der Waals surface area contributed by atoms with Crippen LogP contribution in [0.15, 0.2) is 36.4 Å². The fourth-order valence-corrected chi connectivity index (χ4v) is 3.91. The zero-order valence-electron chi connectivity index (χ0n) is 16.0. The molecule has 0 saturated carbocycles. The van der Waals surface area contributed by atoms with Gasteiger partial charge in [-0.2, -0.15) is 0 Å². The lowest BCUT2D eigenvalue weighted by molar-refractivity contribution is -0.121. The number of methoxy groups -OCH3 is 2. The predicted molar refractivity (Wildman–Crippen MR) is 113 cm³/mol. The Morgan fingerprint density at radius 2 is 2.00 bits per heavy atom. The van der Waals surface area contributed by atoms with Crippen LogP contribution in [-0.4, -0.2) is 38.1 Å². The molecule has 5 nitrogen and oxygen atoms in total. The number of piperidine rings is 1. The van der Waals surface area contributed by atoms with Gasteiger partial charge in [0.1, 0.15) is 11.5 Å². The summed E-state index contributed by atoms with van der Waals surface area (Å²) < 4.78 is 10.6. The van der Waals surface area contributed by atoms with Crippen molar-refractivity contribution in [3.8, 4) is 11.5 Å². The number of rotatable bonds is 6. The molecule has 1 amide bonds. The number of hydrogen-bond donors (Lipinski definition) is 1. The molecule has 2 aromatic carbocycles. The Kier molecular flexibility index (Phi) is 7.05. The smallest absolute Gasteiger partial charge is 0.228 e. The molecule has 0 radical (unpaired) electrons. The quantitative estimate of drug-likeness (QED) is 0.721. The molecule has 1 heterocycles. The van der Waals surface area contributed by atoms with Crippen LogP contribution in [0.2, 0.25) is 10.0 Å². The largest absolute Gasteiger partial charge is 0.497 e. The van der Waals surface area contributed by atoms with E-state index in [4.69, 9.17) is 32.7 Å². The maximum Gasteiger partial charge on any atom is 0.228 e. The second-order valence-corrected chi connectivity index (χ2v) is 7.71. The number of carbonyl (C=O) groups is 1. The Morgan fingerprint density at radius 3 is 2.71 bits per heavy atom. The highest BCUT2D eigenvalue weighted by molar-refractivity contribution is 6.35. The molecule has 1 atom stereocenters. The molecule has 1 N–H and O–H groups in total. The van der Waals surface area contributed by atoms with Crippen LogP contribution in [0.5, 0.6) is 11.5 Å². The highest BCUT2D eigenvalue weighted by Gasteiger charge is 2.26. The van der Waals surface area contributed by atoms with E-state index in [1.54, 1.807) is 38.5 Å². The molecular formula is C21H24Cl2N2O3. The lowest BCUT2D eigenvalue weighted by Crippen LogP contribution is -2.40. The first-order valence-electron chi connectivity index (χ1n) is 9.19. The van der Waals surface area contributed by atoms with Crippen molar-refractivity contribution in [2.24, 2.45) is 5.92 Å². The van der Waals surface area contributed by atoms with E-state index in [9.17, 15) is 4.79 Å². The summed E-state index contributed by atoms with van der Waals surface area (Å²) in [5.41, 5.74) is 1.66. The van der Waals surface area contributed by atoms with Crippen LogP contribution >= 0.6 is 23.2 Å². The maximum atomic E-state index is 12.8. The molecule has 1 saturated heterocycles. The summed E-state index contributed by atoms with van der Waals surface area (Å²) >= 11 is 12.3. The molecule has 150 valence electrons. The van der Waals surface area contributed by atoms with Gasteiger partial charge in [0.2, 0.25) is 5.91 Å². The second kappa shape index (κ2) is 9.50. The van der Waals surface area contributed by atoms with Crippen LogP contribution in [0, 0.1) is 5.92 Å². The van der Waals surface area contributed by atoms with Gasteiger partial charge in [0.15, 0.2) is 0 Å². The van der Waals surface area contributed by atoms with E-state index in [0.717, 1.165) is 24.9 Å². The minimum absolute atomic E-state index is 0.00429. The van der Waals surface area contributed by atoms with Crippen molar-refractivity contribution < 1.29 is 14.3 Å². The number of halogens is 2. The Bertz CT molecular complexity index is 844. The Morgan fingerprint density at radius 1 is 1.18 bits per heavy atom. The highest BCUT2D eigenvalue weighted by Crippen LogP contribution is 2.30. The first kappa shape index (κ1) is 20.8. The third-order valence-electron chi connectivity index (χ3n) is 4.95. The first-order chi connectivity index (χ1) is 13.5. The number of hydrogen-bond acceptors (Lipinski definition) is 4. The van der Waals surface area contributed by atoms with Gasteiger partial charge in [-0.3, -0.25) is 9.69 Å². The molecule has 0 aromatic heterocycles. The number of anilines is 1. The van der Waals surface area contributed by atoms with Gasteiger partial charge in [-0.25, -0.2) is 0 Å². The van der Waals surface area contributed by atoms with Crippen molar-refractivity contribution in [3.63, 3.8) is 0 Å². The summed E-state index contributed by atoms with van der Waals surface area (Å²) in [6, 6.07) is 10.9. The van der Waals surface area contributed by atoms with Gasteiger partial charge in [0.25, 0.3) is 0 Å². The summed E-state index contributed by atoms with van der Waals surface area (Å²) in [5.74, 6) is 1.16. The molecule has 1 unspecified atom stereocenters. The molecule has 0 bridgehead atoms. The molecule has 0 spiro atoms. The van der Waals surface area contributed by atoms with Gasteiger partial charge in [-0.15, -0.1) is 0 Å². The Balaban J connectivity index is 1.64. The summed E-state index contributed by atoms with van der Waals surface area (Å²) in [4.78, 5) is 15.1. The van der Waals surface area contributed by atoms with Crippen LogP contribution in [0.1, 0.15) is 18.4 Å².